The summed E-state index contributed by atoms with van der Waals surface area (Å²) in [5.74, 6) is -0.337. The number of hydrogen-bond donors (Lipinski definition) is 1. The second-order valence-corrected chi connectivity index (χ2v) is 10.6. The first-order valence-electron chi connectivity index (χ1n) is 11.7. The molecule has 1 N–H and O–H groups in total. The Labute approximate surface area is 234 Å². The van der Waals surface area contributed by atoms with E-state index in [1.165, 1.54) is 10.6 Å². The van der Waals surface area contributed by atoms with Crippen molar-refractivity contribution in [3.05, 3.63) is 91.7 Å². The van der Waals surface area contributed by atoms with Crippen LogP contribution in [0.5, 0.6) is 11.5 Å². The molecule has 2 aromatic carbocycles. The van der Waals surface area contributed by atoms with Crippen LogP contribution in [0.2, 0.25) is 0 Å². The first-order chi connectivity index (χ1) is 18.1. The van der Waals surface area contributed by atoms with E-state index in [1.807, 2.05) is 22.6 Å². The zero-order valence-electron chi connectivity index (χ0n) is 21.0. The number of ether oxygens (including phenoxy) is 2. The van der Waals surface area contributed by atoms with Crippen LogP contribution in [0.3, 0.4) is 0 Å². The largest absolute Gasteiger partial charge is 0.504 e. The van der Waals surface area contributed by atoms with E-state index in [-0.39, 0.29) is 23.6 Å². The number of phenolic OH excluding ortho intramolecular Hbond substituents is 1. The molecule has 0 spiro atoms. The highest BCUT2D eigenvalue weighted by Crippen LogP contribution is 2.34. The number of aromatic nitrogens is 1. The Morgan fingerprint density at radius 3 is 2.66 bits per heavy atom. The summed E-state index contributed by atoms with van der Waals surface area (Å²) in [6, 6.07) is 7.02. The Balaban J connectivity index is 1.98. The lowest BCUT2D eigenvalue weighted by Gasteiger charge is -2.24. The number of fused-ring (bicyclic) bond motifs is 1. The van der Waals surface area contributed by atoms with Crippen LogP contribution in [0.1, 0.15) is 43.5 Å². The summed E-state index contributed by atoms with van der Waals surface area (Å²) in [5, 5.41) is 21.9. The molecule has 0 amide bonds. The zero-order valence-corrected chi connectivity index (χ0v) is 24.0. The lowest BCUT2D eigenvalue weighted by molar-refractivity contribution is -0.385. The Morgan fingerprint density at radius 2 is 2.00 bits per heavy atom. The summed E-state index contributed by atoms with van der Waals surface area (Å²) in [5.41, 5.74) is 1.44. The fraction of sp³-hybridized carbons (Fsp3) is 0.269. The molecule has 3 aromatic rings. The van der Waals surface area contributed by atoms with Gasteiger partial charge in [-0.15, -0.1) is 0 Å². The van der Waals surface area contributed by atoms with Crippen LogP contribution < -0.4 is 19.6 Å². The number of nitro groups is 1. The van der Waals surface area contributed by atoms with E-state index in [2.05, 4.69) is 4.99 Å². The number of hydrogen-bond acceptors (Lipinski definition) is 9. The van der Waals surface area contributed by atoms with E-state index >= 15 is 0 Å². The maximum atomic E-state index is 13.8. The molecule has 0 aliphatic carbocycles. The van der Waals surface area contributed by atoms with Crippen molar-refractivity contribution < 1.29 is 24.3 Å². The van der Waals surface area contributed by atoms with E-state index in [0.29, 0.717) is 47.6 Å². The van der Waals surface area contributed by atoms with E-state index in [0.717, 1.165) is 11.3 Å². The summed E-state index contributed by atoms with van der Waals surface area (Å²) >= 11 is 3.12. The fourth-order valence-electron chi connectivity index (χ4n) is 4.19. The summed E-state index contributed by atoms with van der Waals surface area (Å²) in [7, 11) is 0. The Kier molecular flexibility index (Phi) is 8.02. The van der Waals surface area contributed by atoms with Crippen molar-refractivity contribution in [3.8, 4) is 11.5 Å². The molecule has 4 rings (SSSR count). The average molecular weight is 649 g/mol. The van der Waals surface area contributed by atoms with Crippen LogP contribution in [0.4, 0.5) is 5.69 Å². The molecule has 1 atom stereocenters. The number of benzene rings is 2. The Bertz CT molecular complexity index is 1670. The molecule has 0 saturated heterocycles. The third-order valence-electron chi connectivity index (χ3n) is 5.91. The van der Waals surface area contributed by atoms with Crippen molar-refractivity contribution in [1.29, 1.82) is 0 Å². The standard InChI is InChI=1S/C26H24IN3O7S/c1-5-36-19-10-15(9-17(27)23(19)31)11-20-24(32)29-22(16-8-7-13(3)18(12-16)30(34)35)21(25(33)37-6-2)14(4)28-26(29)38-20/h7-12,22,31H,5-6H2,1-4H3/b20-11+/t22-/m1/s1. The number of allylic oxidation sites excluding steroid dienone is 1. The molecule has 2 heterocycles. The molecule has 38 heavy (non-hydrogen) atoms. The number of nitro benzene ring substituents is 1. The lowest BCUT2D eigenvalue weighted by Crippen LogP contribution is -2.40. The van der Waals surface area contributed by atoms with Crippen LogP contribution in [0, 0.1) is 20.6 Å². The van der Waals surface area contributed by atoms with E-state index < -0.39 is 22.5 Å². The Morgan fingerprint density at radius 1 is 1.26 bits per heavy atom. The number of carbonyl (C=O) groups excluding carboxylic acids is 1. The zero-order chi connectivity index (χ0) is 27.7. The quantitative estimate of drug-likeness (QED) is 0.179. The van der Waals surface area contributed by atoms with Gasteiger partial charge in [-0.1, -0.05) is 23.5 Å². The molecule has 10 nitrogen and oxygen atoms in total. The topological polar surface area (TPSA) is 133 Å². The van der Waals surface area contributed by atoms with Crippen molar-refractivity contribution in [2.75, 3.05) is 13.2 Å². The molecule has 1 aliphatic heterocycles. The number of esters is 1. The van der Waals surface area contributed by atoms with Gasteiger partial charge in [-0.3, -0.25) is 19.5 Å². The van der Waals surface area contributed by atoms with Crippen LogP contribution >= 0.6 is 33.9 Å². The summed E-state index contributed by atoms with van der Waals surface area (Å²) in [6.07, 6.45) is 1.66. The van der Waals surface area contributed by atoms with E-state index in [9.17, 15) is 24.8 Å². The number of rotatable bonds is 7. The third kappa shape index (κ3) is 5.10. The van der Waals surface area contributed by atoms with Crippen LogP contribution in [0.15, 0.2) is 51.4 Å². The highest BCUT2D eigenvalue weighted by molar-refractivity contribution is 14.1. The minimum Gasteiger partial charge on any atom is -0.504 e. The van der Waals surface area contributed by atoms with Crippen LogP contribution in [-0.2, 0) is 9.53 Å². The minimum absolute atomic E-state index is 0.0155. The van der Waals surface area contributed by atoms with Crippen LogP contribution in [0.25, 0.3) is 6.08 Å². The van der Waals surface area contributed by atoms with Gasteiger partial charge in [-0.05, 0) is 79.6 Å². The van der Waals surface area contributed by atoms with Gasteiger partial charge in [0, 0.05) is 11.6 Å². The molecule has 0 radical (unpaired) electrons. The number of nitrogens with zero attached hydrogens (tertiary/aromatic N) is 3. The third-order valence-corrected chi connectivity index (χ3v) is 7.72. The molecule has 0 fully saturated rings. The van der Waals surface area contributed by atoms with Gasteiger partial charge in [0.2, 0.25) is 0 Å². The summed E-state index contributed by atoms with van der Waals surface area (Å²) in [6.45, 7) is 7.21. The maximum Gasteiger partial charge on any atom is 0.338 e. The normalized spacial score (nSPS) is 15.2. The number of phenols is 1. The predicted octanol–water partition coefficient (Wildman–Crippen LogP) is 3.72. The van der Waals surface area contributed by atoms with Crippen molar-refractivity contribution in [2.45, 2.75) is 33.7 Å². The number of carbonyl (C=O) groups is 1. The molecule has 0 saturated carbocycles. The van der Waals surface area contributed by atoms with Gasteiger partial charge >= 0.3 is 5.97 Å². The average Bonchev–Trinajstić information content (AvgIpc) is 3.16. The minimum atomic E-state index is -0.967. The molecule has 1 aliphatic rings. The SMILES string of the molecule is CCOC(=O)C1=C(C)N=c2s/c(=C/c3cc(I)c(O)c(OCC)c3)c(=O)n2[C@@H]1c1ccc(C)c([N+](=O)[O-])c1. The molecule has 12 heteroatoms. The van der Waals surface area contributed by atoms with Crippen molar-refractivity contribution >= 4 is 51.7 Å². The smallest absolute Gasteiger partial charge is 0.338 e. The van der Waals surface area contributed by atoms with Gasteiger partial charge in [0.05, 0.1) is 43.6 Å². The molecular formula is C26H24IN3O7S. The molecule has 1 aromatic heterocycles. The molecular weight excluding hydrogens is 625 g/mol. The molecule has 198 valence electrons. The fourth-order valence-corrected chi connectivity index (χ4v) is 5.87. The number of halogens is 1. The monoisotopic (exact) mass is 649 g/mol. The second-order valence-electron chi connectivity index (χ2n) is 8.39. The van der Waals surface area contributed by atoms with Crippen molar-refractivity contribution in [1.82, 2.24) is 4.57 Å². The van der Waals surface area contributed by atoms with Crippen molar-refractivity contribution in [2.24, 2.45) is 4.99 Å². The van der Waals surface area contributed by atoms with Gasteiger partial charge in [0.15, 0.2) is 16.3 Å². The highest BCUT2D eigenvalue weighted by atomic mass is 127. The van der Waals surface area contributed by atoms with Gasteiger partial charge in [0.25, 0.3) is 11.2 Å². The first-order valence-corrected chi connectivity index (χ1v) is 13.6. The molecule has 0 unspecified atom stereocenters. The number of aromatic hydroxyl groups is 1. The van der Waals surface area contributed by atoms with Gasteiger partial charge in [-0.2, -0.15) is 0 Å². The number of aryl methyl sites for hydroxylation is 1. The number of thiazole rings is 1. The van der Waals surface area contributed by atoms with Gasteiger partial charge in [0.1, 0.15) is 0 Å². The second kappa shape index (κ2) is 11.1. The van der Waals surface area contributed by atoms with E-state index in [1.54, 1.807) is 58.0 Å². The van der Waals surface area contributed by atoms with Crippen molar-refractivity contribution in [3.63, 3.8) is 0 Å². The van der Waals surface area contributed by atoms with E-state index in [4.69, 9.17) is 9.47 Å². The molecule has 0 bridgehead atoms. The van der Waals surface area contributed by atoms with Crippen LogP contribution in [-0.4, -0.2) is 33.8 Å². The maximum absolute atomic E-state index is 13.8. The van der Waals surface area contributed by atoms with Gasteiger partial charge in [-0.25, -0.2) is 9.79 Å². The lowest BCUT2D eigenvalue weighted by atomic mass is 9.94. The summed E-state index contributed by atoms with van der Waals surface area (Å²) < 4.78 is 13.0. The highest BCUT2D eigenvalue weighted by Gasteiger charge is 2.34. The first kappa shape index (κ1) is 27.5. The predicted molar refractivity (Wildman–Crippen MR) is 150 cm³/mol. The van der Waals surface area contributed by atoms with Gasteiger partial charge < -0.3 is 14.6 Å². The Hall–Kier alpha value is -3.52. The summed E-state index contributed by atoms with van der Waals surface area (Å²) in [4.78, 5) is 42.8.